The lowest BCUT2D eigenvalue weighted by Gasteiger charge is -2.18. The van der Waals surface area contributed by atoms with Crippen molar-refractivity contribution >= 4 is 18.4 Å². The fraction of sp³-hybridized carbons (Fsp3) is 0.565. The van der Waals surface area contributed by atoms with Crippen LogP contribution >= 0.6 is 7.60 Å². The standard InChI is InChI=1S/C23H35O6P/c1-3-5-6-7-10-16-27-30(24,20-19-26-18-17-25-4-2)29-28-23-15-11-13-21-12-8-9-14-22(21)23/h8-9,11-15H,3-7,10,16-20H2,1-2H3. The SMILES string of the molecule is CCCCCCCOP(=O)(CCOCCOCC)OOc1cccc2ccccc12. The van der Waals surface area contributed by atoms with Crippen LogP contribution in [-0.4, -0.2) is 39.2 Å². The van der Waals surface area contributed by atoms with Gasteiger partial charge in [0.15, 0.2) is 5.75 Å². The van der Waals surface area contributed by atoms with E-state index >= 15 is 0 Å². The first-order valence-corrected chi connectivity index (χ1v) is 12.6. The molecule has 2 aromatic rings. The monoisotopic (exact) mass is 438 g/mol. The zero-order chi connectivity index (χ0) is 21.5. The van der Waals surface area contributed by atoms with E-state index in [0.717, 1.165) is 30.0 Å². The lowest BCUT2D eigenvalue weighted by atomic mass is 10.1. The molecule has 0 fully saturated rings. The first-order chi connectivity index (χ1) is 14.7. The Morgan fingerprint density at radius 1 is 0.800 bits per heavy atom. The lowest BCUT2D eigenvalue weighted by molar-refractivity contribution is -0.112. The van der Waals surface area contributed by atoms with Gasteiger partial charge in [-0.2, -0.15) is 0 Å². The van der Waals surface area contributed by atoms with Gasteiger partial charge in [0.1, 0.15) is 0 Å². The van der Waals surface area contributed by atoms with E-state index in [1.54, 1.807) is 6.07 Å². The summed E-state index contributed by atoms with van der Waals surface area (Å²) in [7, 11) is -3.46. The summed E-state index contributed by atoms with van der Waals surface area (Å²) < 4.78 is 35.0. The van der Waals surface area contributed by atoms with Crippen molar-refractivity contribution < 1.29 is 28.1 Å². The molecule has 1 unspecified atom stereocenters. The van der Waals surface area contributed by atoms with E-state index in [-0.39, 0.29) is 12.8 Å². The summed E-state index contributed by atoms with van der Waals surface area (Å²) >= 11 is 0. The van der Waals surface area contributed by atoms with Gasteiger partial charge in [-0.25, -0.2) is 0 Å². The zero-order valence-electron chi connectivity index (χ0n) is 18.2. The number of hydrogen-bond acceptors (Lipinski definition) is 6. The van der Waals surface area contributed by atoms with E-state index in [0.29, 0.717) is 32.2 Å². The lowest BCUT2D eigenvalue weighted by Crippen LogP contribution is -2.11. The van der Waals surface area contributed by atoms with Crippen LogP contribution < -0.4 is 4.89 Å². The Morgan fingerprint density at radius 3 is 2.40 bits per heavy atom. The number of unbranched alkanes of at least 4 members (excludes halogenated alkanes) is 4. The maximum atomic E-state index is 13.2. The fourth-order valence-electron chi connectivity index (χ4n) is 2.94. The first-order valence-electron chi connectivity index (χ1n) is 10.9. The molecule has 6 nitrogen and oxygen atoms in total. The van der Waals surface area contributed by atoms with Crippen molar-refractivity contribution in [3.05, 3.63) is 42.5 Å². The molecule has 0 bridgehead atoms. The molecule has 0 radical (unpaired) electrons. The smallest absolute Gasteiger partial charge is 0.371 e. The van der Waals surface area contributed by atoms with Gasteiger partial charge in [0.25, 0.3) is 0 Å². The maximum Gasteiger partial charge on any atom is 0.371 e. The normalized spacial score (nSPS) is 13.4. The highest BCUT2D eigenvalue weighted by atomic mass is 31.2. The van der Waals surface area contributed by atoms with Crippen molar-refractivity contribution in [3.8, 4) is 5.75 Å². The Labute approximate surface area is 180 Å². The zero-order valence-corrected chi connectivity index (χ0v) is 19.1. The van der Waals surface area contributed by atoms with E-state index in [4.69, 9.17) is 23.6 Å². The fourth-order valence-corrected chi connectivity index (χ4v) is 4.14. The van der Waals surface area contributed by atoms with E-state index in [9.17, 15) is 4.57 Å². The third-order valence-corrected chi connectivity index (χ3v) is 6.22. The molecule has 0 amide bonds. The van der Waals surface area contributed by atoms with Gasteiger partial charge in [0.2, 0.25) is 0 Å². The second-order valence-electron chi connectivity index (χ2n) is 7.03. The molecule has 0 saturated carbocycles. The number of ether oxygens (including phenoxy) is 2. The van der Waals surface area contributed by atoms with Crippen LogP contribution in [0, 0.1) is 0 Å². The molecule has 2 rings (SSSR count). The third kappa shape index (κ3) is 9.15. The molecular formula is C23H35O6P. The molecule has 0 heterocycles. The summed E-state index contributed by atoms with van der Waals surface area (Å²) in [6.45, 7) is 6.32. The van der Waals surface area contributed by atoms with Gasteiger partial charge in [-0.1, -0.05) is 73.7 Å². The Bertz CT molecular complexity index is 741. The van der Waals surface area contributed by atoms with Crippen LogP contribution in [-0.2, 0) is 23.2 Å². The molecule has 1 atom stereocenters. The van der Waals surface area contributed by atoms with E-state index in [2.05, 4.69) is 6.92 Å². The van der Waals surface area contributed by atoms with Crippen LogP contribution in [0.1, 0.15) is 46.0 Å². The third-order valence-electron chi connectivity index (χ3n) is 4.61. The van der Waals surface area contributed by atoms with Gasteiger partial charge in [-0.3, -0.25) is 4.57 Å². The van der Waals surface area contributed by atoms with Crippen molar-refractivity contribution in [2.45, 2.75) is 46.0 Å². The molecule has 30 heavy (non-hydrogen) atoms. The highest BCUT2D eigenvalue weighted by Crippen LogP contribution is 2.48. The maximum absolute atomic E-state index is 13.2. The quantitative estimate of drug-likeness (QED) is 0.124. The van der Waals surface area contributed by atoms with E-state index in [1.807, 2.05) is 43.3 Å². The molecule has 0 aliphatic heterocycles. The first kappa shape index (κ1) is 24.8. The summed E-state index contributed by atoms with van der Waals surface area (Å²) in [4.78, 5) is 5.51. The van der Waals surface area contributed by atoms with E-state index < -0.39 is 7.60 Å². The van der Waals surface area contributed by atoms with Crippen LogP contribution in [0.25, 0.3) is 10.8 Å². The predicted octanol–water partition coefficient (Wildman–Crippen LogP) is 6.38. The Hall–Kier alpha value is -1.43. The van der Waals surface area contributed by atoms with Crippen LogP contribution in [0.2, 0.25) is 0 Å². The highest BCUT2D eigenvalue weighted by Gasteiger charge is 2.27. The number of fused-ring (bicyclic) bond motifs is 1. The van der Waals surface area contributed by atoms with E-state index in [1.165, 1.54) is 12.8 Å². The Morgan fingerprint density at radius 2 is 1.57 bits per heavy atom. The number of benzene rings is 2. The molecule has 0 aliphatic rings. The highest BCUT2D eigenvalue weighted by molar-refractivity contribution is 7.53. The summed E-state index contributed by atoms with van der Waals surface area (Å²) in [6.07, 6.45) is 5.54. The van der Waals surface area contributed by atoms with Crippen LogP contribution in [0.5, 0.6) is 5.75 Å². The minimum Gasteiger partial charge on any atom is -0.379 e. The second-order valence-corrected chi connectivity index (χ2v) is 9.10. The van der Waals surface area contributed by atoms with Crippen molar-refractivity contribution in [1.29, 1.82) is 0 Å². The van der Waals surface area contributed by atoms with Crippen molar-refractivity contribution in [2.75, 3.05) is 39.2 Å². The molecule has 0 aliphatic carbocycles. The summed E-state index contributed by atoms with van der Waals surface area (Å²) in [5.41, 5.74) is 0. The summed E-state index contributed by atoms with van der Waals surface area (Å²) in [5.74, 6) is 0.511. The van der Waals surface area contributed by atoms with Crippen LogP contribution in [0.15, 0.2) is 42.5 Å². The Kier molecular flexibility index (Phi) is 12.0. The average molecular weight is 439 g/mol. The van der Waals surface area contributed by atoms with Gasteiger partial charge in [-0.05, 0) is 24.8 Å². The van der Waals surface area contributed by atoms with Crippen LogP contribution in [0.3, 0.4) is 0 Å². The predicted molar refractivity (Wildman–Crippen MR) is 120 cm³/mol. The molecule has 168 valence electrons. The van der Waals surface area contributed by atoms with Gasteiger partial charge < -0.3 is 18.9 Å². The molecular weight excluding hydrogens is 403 g/mol. The Balaban J connectivity index is 1.90. The van der Waals surface area contributed by atoms with Crippen LogP contribution in [0.4, 0.5) is 0 Å². The molecule has 0 saturated heterocycles. The molecule has 7 heteroatoms. The van der Waals surface area contributed by atoms with Crippen molar-refractivity contribution in [3.63, 3.8) is 0 Å². The molecule has 0 spiro atoms. The number of rotatable bonds is 17. The molecule has 2 aromatic carbocycles. The summed E-state index contributed by atoms with van der Waals surface area (Å²) in [5, 5.41) is 1.91. The topological polar surface area (TPSA) is 63.2 Å². The van der Waals surface area contributed by atoms with Gasteiger partial charge in [-0.15, -0.1) is 0 Å². The van der Waals surface area contributed by atoms with Gasteiger partial charge in [0.05, 0.1) is 32.6 Å². The molecule has 0 N–H and O–H groups in total. The number of hydrogen-bond donors (Lipinski definition) is 0. The minimum atomic E-state index is -3.46. The second kappa shape index (κ2) is 14.6. The molecule has 0 aromatic heterocycles. The summed E-state index contributed by atoms with van der Waals surface area (Å²) in [6, 6.07) is 13.5. The average Bonchev–Trinajstić information content (AvgIpc) is 2.77. The van der Waals surface area contributed by atoms with Gasteiger partial charge >= 0.3 is 7.60 Å². The van der Waals surface area contributed by atoms with Crippen molar-refractivity contribution in [2.24, 2.45) is 0 Å². The van der Waals surface area contributed by atoms with Gasteiger partial charge in [0, 0.05) is 12.0 Å². The van der Waals surface area contributed by atoms with Crippen molar-refractivity contribution in [1.82, 2.24) is 0 Å². The largest absolute Gasteiger partial charge is 0.379 e. The minimum absolute atomic E-state index is 0.124.